The third kappa shape index (κ3) is 3.87. The summed E-state index contributed by atoms with van der Waals surface area (Å²) in [7, 11) is 0. The van der Waals surface area contributed by atoms with Crippen LogP contribution < -0.4 is 5.32 Å². The molecule has 1 aromatic heterocycles. The third-order valence-corrected chi connectivity index (χ3v) is 3.13. The molecule has 0 radical (unpaired) electrons. The van der Waals surface area contributed by atoms with E-state index in [1.807, 2.05) is 11.4 Å². The quantitative estimate of drug-likeness (QED) is 0.837. The molecule has 1 amide bonds. The smallest absolute Gasteiger partial charge is 0.326 e. The average Bonchev–Trinajstić information content (AvgIpc) is 2.88. The van der Waals surface area contributed by atoms with Gasteiger partial charge in [-0.15, -0.1) is 5.10 Å². The Balaban J connectivity index is 2.20. The molecule has 0 aliphatic rings. The first-order valence-corrected chi connectivity index (χ1v) is 6.69. The minimum absolute atomic E-state index is 0.116. The van der Waals surface area contributed by atoms with Gasteiger partial charge in [-0.2, -0.15) is 0 Å². The Morgan fingerprint density at radius 3 is 2.52 bits per heavy atom. The van der Waals surface area contributed by atoms with E-state index in [0.29, 0.717) is 11.4 Å². The number of rotatable bonds is 6. The van der Waals surface area contributed by atoms with Crippen molar-refractivity contribution < 1.29 is 23.5 Å². The van der Waals surface area contributed by atoms with E-state index < -0.39 is 30.8 Å². The molecule has 1 unspecified atom stereocenters. The molecule has 0 aliphatic carbocycles. The van der Waals surface area contributed by atoms with Crippen molar-refractivity contribution in [2.45, 2.75) is 25.8 Å². The largest absolute Gasteiger partial charge is 0.480 e. The number of para-hydroxylation sites is 1. The standard InChI is InChI=1S/C14H14F2N4O3/c1-8-12(13(21)17-10(14(22)23)7-11(15)16)18-19-20(8)9-5-3-2-4-6-9/h2-6,10-11H,7H2,1H3,(H,17,21)(H,22,23). The fourth-order valence-corrected chi connectivity index (χ4v) is 1.98. The van der Waals surface area contributed by atoms with Gasteiger partial charge in [0.2, 0.25) is 6.43 Å². The van der Waals surface area contributed by atoms with E-state index in [-0.39, 0.29) is 5.69 Å². The molecule has 9 heteroatoms. The second-order valence-corrected chi connectivity index (χ2v) is 4.76. The molecule has 0 saturated heterocycles. The van der Waals surface area contributed by atoms with Crippen LogP contribution >= 0.6 is 0 Å². The molecule has 122 valence electrons. The molecule has 2 rings (SSSR count). The van der Waals surface area contributed by atoms with Gasteiger partial charge in [0, 0.05) is 6.42 Å². The molecular weight excluding hydrogens is 310 g/mol. The summed E-state index contributed by atoms with van der Waals surface area (Å²) in [5.74, 6) is -2.40. The number of halogens is 2. The zero-order valence-corrected chi connectivity index (χ0v) is 12.1. The molecule has 0 fully saturated rings. The Labute approximate surface area is 129 Å². The van der Waals surface area contributed by atoms with Crippen LogP contribution in [-0.2, 0) is 4.79 Å². The van der Waals surface area contributed by atoms with E-state index in [9.17, 15) is 18.4 Å². The van der Waals surface area contributed by atoms with Gasteiger partial charge in [-0.1, -0.05) is 23.4 Å². The monoisotopic (exact) mass is 324 g/mol. The van der Waals surface area contributed by atoms with Crippen molar-refractivity contribution >= 4 is 11.9 Å². The van der Waals surface area contributed by atoms with Crippen LogP contribution in [0.15, 0.2) is 30.3 Å². The number of benzene rings is 1. The fourth-order valence-electron chi connectivity index (χ4n) is 1.98. The number of carboxylic acid groups (broad SMARTS) is 1. The van der Waals surface area contributed by atoms with Crippen LogP contribution in [0, 0.1) is 6.92 Å². The number of aromatic nitrogens is 3. The van der Waals surface area contributed by atoms with Gasteiger partial charge in [-0.3, -0.25) is 4.79 Å². The van der Waals surface area contributed by atoms with Crippen molar-refractivity contribution in [2.24, 2.45) is 0 Å². The van der Waals surface area contributed by atoms with Crippen LogP contribution in [0.4, 0.5) is 8.78 Å². The Hall–Kier alpha value is -2.84. The van der Waals surface area contributed by atoms with Crippen LogP contribution in [-0.4, -0.2) is 44.4 Å². The fraction of sp³-hybridized carbons (Fsp3) is 0.286. The number of hydrogen-bond donors (Lipinski definition) is 2. The number of alkyl halides is 2. The van der Waals surface area contributed by atoms with Gasteiger partial charge in [0.25, 0.3) is 5.91 Å². The zero-order valence-electron chi connectivity index (χ0n) is 12.1. The van der Waals surface area contributed by atoms with Crippen LogP contribution in [0.25, 0.3) is 5.69 Å². The molecule has 1 aromatic carbocycles. The topological polar surface area (TPSA) is 97.1 Å². The Kier molecular flexibility index (Phi) is 4.99. The van der Waals surface area contributed by atoms with E-state index in [1.165, 1.54) is 4.68 Å². The minimum Gasteiger partial charge on any atom is -0.480 e. The number of carbonyl (C=O) groups excluding carboxylic acids is 1. The van der Waals surface area contributed by atoms with Crippen LogP contribution in [0.5, 0.6) is 0 Å². The van der Waals surface area contributed by atoms with E-state index in [1.54, 1.807) is 31.2 Å². The number of nitrogens with one attached hydrogen (secondary N) is 1. The summed E-state index contributed by atoms with van der Waals surface area (Å²) >= 11 is 0. The Morgan fingerprint density at radius 2 is 1.96 bits per heavy atom. The number of carboxylic acids is 1. The highest BCUT2D eigenvalue weighted by atomic mass is 19.3. The SMILES string of the molecule is Cc1c(C(=O)NC(CC(F)F)C(=O)O)nnn1-c1ccccc1. The van der Waals surface area contributed by atoms with Gasteiger partial charge in [0.05, 0.1) is 11.4 Å². The maximum absolute atomic E-state index is 12.4. The Bertz CT molecular complexity index is 703. The van der Waals surface area contributed by atoms with Gasteiger partial charge < -0.3 is 10.4 Å². The summed E-state index contributed by atoms with van der Waals surface area (Å²) in [6.45, 7) is 1.57. The van der Waals surface area contributed by atoms with E-state index >= 15 is 0 Å². The van der Waals surface area contributed by atoms with Crippen molar-refractivity contribution in [3.8, 4) is 5.69 Å². The third-order valence-electron chi connectivity index (χ3n) is 3.13. The zero-order chi connectivity index (χ0) is 17.0. The number of aliphatic carboxylic acids is 1. The second kappa shape index (κ2) is 6.95. The molecule has 0 aliphatic heterocycles. The Morgan fingerprint density at radius 1 is 1.30 bits per heavy atom. The average molecular weight is 324 g/mol. The van der Waals surface area contributed by atoms with Crippen molar-refractivity contribution in [2.75, 3.05) is 0 Å². The molecule has 0 saturated carbocycles. The van der Waals surface area contributed by atoms with Gasteiger partial charge in [0.15, 0.2) is 5.69 Å². The first kappa shape index (κ1) is 16.5. The number of nitrogens with zero attached hydrogens (tertiary/aromatic N) is 3. The summed E-state index contributed by atoms with van der Waals surface area (Å²) in [6.07, 6.45) is -3.83. The lowest BCUT2D eigenvalue weighted by atomic mass is 10.2. The summed E-state index contributed by atoms with van der Waals surface area (Å²) < 4.78 is 26.1. The summed E-state index contributed by atoms with van der Waals surface area (Å²) in [5, 5.41) is 18.5. The molecule has 23 heavy (non-hydrogen) atoms. The lowest BCUT2D eigenvalue weighted by Gasteiger charge is -2.13. The highest BCUT2D eigenvalue weighted by Crippen LogP contribution is 2.12. The molecular formula is C14H14F2N4O3. The van der Waals surface area contributed by atoms with Crippen molar-refractivity contribution in [3.05, 3.63) is 41.7 Å². The maximum atomic E-state index is 12.4. The number of carbonyl (C=O) groups is 2. The molecule has 0 bridgehead atoms. The highest BCUT2D eigenvalue weighted by molar-refractivity contribution is 5.95. The predicted octanol–water partition coefficient (Wildman–Crippen LogP) is 1.41. The minimum atomic E-state index is -2.85. The molecule has 2 aromatic rings. The lowest BCUT2D eigenvalue weighted by Crippen LogP contribution is -2.42. The number of hydrogen-bond acceptors (Lipinski definition) is 4. The number of amides is 1. The maximum Gasteiger partial charge on any atom is 0.326 e. The van der Waals surface area contributed by atoms with Crippen LogP contribution in [0.2, 0.25) is 0 Å². The van der Waals surface area contributed by atoms with E-state index in [0.717, 1.165) is 0 Å². The van der Waals surface area contributed by atoms with Crippen LogP contribution in [0.3, 0.4) is 0 Å². The van der Waals surface area contributed by atoms with E-state index in [4.69, 9.17) is 5.11 Å². The highest BCUT2D eigenvalue weighted by Gasteiger charge is 2.27. The van der Waals surface area contributed by atoms with Crippen molar-refractivity contribution in [1.82, 2.24) is 20.3 Å². The van der Waals surface area contributed by atoms with E-state index in [2.05, 4.69) is 10.3 Å². The second-order valence-electron chi connectivity index (χ2n) is 4.76. The molecule has 2 N–H and O–H groups in total. The normalized spacial score (nSPS) is 12.2. The predicted molar refractivity (Wildman–Crippen MR) is 75.6 cm³/mol. The lowest BCUT2D eigenvalue weighted by molar-refractivity contribution is -0.140. The summed E-state index contributed by atoms with van der Waals surface area (Å²) in [6, 6.07) is 7.17. The molecule has 1 atom stereocenters. The van der Waals surface area contributed by atoms with Gasteiger partial charge >= 0.3 is 5.97 Å². The van der Waals surface area contributed by atoms with Crippen LogP contribution in [0.1, 0.15) is 22.6 Å². The summed E-state index contributed by atoms with van der Waals surface area (Å²) in [4.78, 5) is 23.0. The van der Waals surface area contributed by atoms with Crippen molar-refractivity contribution in [1.29, 1.82) is 0 Å². The van der Waals surface area contributed by atoms with Gasteiger partial charge in [-0.25, -0.2) is 18.3 Å². The van der Waals surface area contributed by atoms with Gasteiger partial charge in [-0.05, 0) is 19.1 Å². The molecule has 0 spiro atoms. The molecule has 7 nitrogen and oxygen atoms in total. The van der Waals surface area contributed by atoms with Crippen molar-refractivity contribution in [3.63, 3.8) is 0 Å². The summed E-state index contributed by atoms with van der Waals surface area (Å²) in [5.41, 5.74) is 0.920. The first-order chi connectivity index (χ1) is 10.9. The molecule has 1 heterocycles. The van der Waals surface area contributed by atoms with Gasteiger partial charge in [0.1, 0.15) is 6.04 Å². The first-order valence-electron chi connectivity index (χ1n) is 6.69.